The van der Waals surface area contributed by atoms with Gasteiger partial charge in [-0.1, -0.05) is 44.5 Å². The summed E-state index contributed by atoms with van der Waals surface area (Å²) >= 11 is 0. The van der Waals surface area contributed by atoms with Gasteiger partial charge in [0.15, 0.2) is 0 Å². The Morgan fingerprint density at radius 3 is 2.39 bits per heavy atom. The average Bonchev–Trinajstić information content (AvgIpc) is 2.82. The van der Waals surface area contributed by atoms with Crippen molar-refractivity contribution in [1.29, 1.82) is 0 Å². The van der Waals surface area contributed by atoms with E-state index in [1.165, 1.54) is 6.07 Å². The van der Waals surface area contributed by atoms with Crippen molar-refractivity contribution in [1.82, 2.24) is 0 Å². The number of hydrogen-bond acceptors (Lipinski definition) is 6. The first-order valence-electron chi connectivity index (χ1n) is 11.5. The molecule has 9 nitrogen and oxygen atoms in total. The number of nitrogens with zero attached hydrogens (tertiary/aromatic N) is 2. The topological polar surface area (TPSA) is 146 Å². The molecule has 2 aromatic carbocycles. The van der Waals surface area contributed by atoms with Crippen LogP contribution in [0.5, 0.6) is 0 Å². The van der Waals surface area contributed by atoms with Gasteiger partial charge >= 0.3 is 5.97 Å². The molecule has 2 aromatic rings. The van der Waals surface area contributed by atoms with Gasteiger partial charge in [0.1, 0.15) is 36.4 Å². The second-order valence-corrected chi connectivity index (χ2v) is 9.17. The number of esters is 1. The minimum absolute atomic E-state index is 0.0468. The van der Waals surface area contributed by atoms with E-state index in [9.17, 15) is 17.6 Å². The van der Waals surface area contributed by atoms with E-state index in [1.54, 1.807) is 0 Å². The normalized spacial score (nSPS) is 12.1. The van der Waals surface area contributed by atoms with Crippen LogP contribution in [0.3, 0.4) is 0 Å². The molecule has 0 aliphatic rings. The maximum atomic E-state index is 14.6. The molecule has 36 heavy (non-hydrogen) atoms. The molecule has 11 heteroatoms. The molecule has 0 aliphatic heterocycles. The number of hydrogen-bond donors (Lipinski definition) is 2. The molecule has 0 heterocycles. The predicted molar refractivity (Wildman–Crippen MR) is 140 cm³/mol. The number of aliphatic imine (C=N–C) groups is 2. The molecule has 0 saturated heterocycles. The zero-order valence-electron chi connectivity index (χ0n) is 21.4. The fraction of sp³-hybridized carbons (Fsp3) is 0.400. The second-order valence-electron chi connectivity index (χ2n) is 7.61. The molecule has 0 atom stereocenters. The molecular formula is C25H35FN4O5S. The van der Waals surface area contributed by atoms with E-state index in [0.29, 0.717) is 6.61 Å². The van der Waals surface area contributed by atoms with Crippen molar-refractivity contribution in [2.24, 2.45) is 20.9 Å². The zero-order chi connectivity index (χ0) is 27.3. The van der Waals surface area contributed by atoms with Crippen LogP contribution < -0.4 is 10.9 Å². The third-order valence-corrected chi connectivity index (χ3v) is 5.48. The summed E-state index contributed by atoms with van der Waals surface area (Å²) in [5.74, 6) is -1.39. The minimum Gasteiger partial charge on any atom is -0.456 e. The Kier molecular flexibility index (Phi) is 12.9. The van der Waals surface area contributed by atoms with Gasteiger partial charge in [-0.15, -0.1) is 0 Å². The monoisotopic (exact) mass is 522 g/mol. The van der Waals surface area contributed by atoms with E-state index in [4.69, 9.17) is 20.3 Å². The van der Waals surface area contributed by atoms with Crippen LogP contribution in [-0.4, -0.2) is 45.9 Å². The van der Waals surface area contributed by atoms with Crippen LogP contribution in [0.15, 0.2) is 51.3 Å². The molecule has 0 unspecified atom stereocenters. The maximum Gasteiger partial charge on any atom is 0.332 e. The molecule has 2 rings (SSSR count). The van der Waals surface area contributed by atoms with Gasteiger partial charge in [0, 0.05) is 13.0 Å². The summed E-state index contributed by atoms with van der Waals surface area (Å²) < 4.78 is 47.7. The molecule has 0 spiro atoms. The molecule has 198 valence electrons. The first-order chi connectivity index (χ1) is 17.0. The lowest BCUT2D eigenvalue weighted by atomic mass is 10.0. The Labute approximate surface area is 212 Å². The van der Waals surface area contributed by atoms with Crippen LogP contribution in [0.1, 0.15) is 43.9 Å². The van der Waals surface area contributed by atoms with Crippen LogP contribution in [-0.2, 0) is 30.7 Å². The molecular weight excluding hydrogens is 487 g/mol. The van der Waals surface area contributed by atoms with Crippen molar-refractivity contribution < 1.29 is 27.1 Å². The van der Waals surface area contributed by atoms with Crippen molar-refractivity contribution in [2.75, 3.05) is 19.8 Å². The highest BCUT2D eigenvalue weighted by molar-refractivity contribution is 7.89. The standard InChI is InChI=1S/C23H29FN4O5S.C2H6/c1-4-9-32-14-23(29)33-13-21(25)28-22(11-17-10-15(2)5-6-16(17)3)27-20-8-7-18(12-19(20)24)34(26,30)31;1-2/h5-8,10,12H,4,9,11,13-14H2,1-3H3,(H2,25,27,28)(H2,26,30,31);1-2H3. The van der Waals surface area contributed by atoms with Crippen molar-refractivity contribution >= 4 is 33.4 Å². The van der Waals surface area contributed by atoms with Gasteiger partial charge in [-0.25, -0.2) is 32.7 Å². The quantitative estimate of drug-likeness (QED) is 0.210. The number of halogens is 1. The number of carbonyl (C=O) groups is 1. The number of ether oxygens (including phenoxy) is 2. The second kappa shape index (κ2) is 15.1. The maximum absolute atomic E-state index is 14.6. The van der Waals surface area contributed by atoms with Gasteiger partial charge in [0.05, 0.1) is 4.90 Å². The molecule has 0 aliphatic carbocycles. The van der Waals surface area contributed by atoms with Crippen LogP contribution in [0.25, 0.3) is 0 Å². The Morgan fingerprint density at radius 1 is 1.08 bits per heavy atom. The largest absolute Gasteiger partial charge is 0.456 e. The number of carbonyl (C=O) groups excluding carboxylic acids is 1. The van der Waals surface area contributed by atoms with E-state index >= 15 is 0 Å². The van der Waals surface area contributed by atoms with Gasteiger partial charge in [0.2, 0.25) is 10.0 Å². The van der Waals surface area contributed by atoms with E-state index in [2.05, 4.69) is 9.98 Å². The molecule has 0 radical (unpaired) electrons. The third-order valence-electron chi connectivity index (χ3n) is 4.57. The Bertz CT molecular complexity index is 1200. The summed E-state index contributed by atoms with van der Waals surface area (Å²) in [5, 5.41) is 5.05. The van der Waals surface area contributed by atoms with E-state index < -0.39 is 21.8 Å². The molecule has 0 saturated carbocycles. The Balaban J connectivity index is 0.00000316. The van der Waals surface area contributed by atoms with Crippen molar-refractivity contribution in [3.05, 3.63) is 58.9 Å². The van der Waals surface area contributed by atoms with Crippen LogP contribution in [0.2, 0.25) is 0 Å². The summed E-state index contributed by atoms with van der Waals surface area (Å²) in [7, 11) is -4.07. The average molecular weight is 523 g/mol. The summed E-state index contributed by atoms with van der Waals surface area (Å²) in [5.41, 5.74) is 8.66. The predicted octanol–water partition coefficient (Wildman–Crippen LogP) is 3.72. The van der Waals surface area contributed by atoms with Gasteiger partial charge in [-0.2, -0.15) is 0 Å². The third kappa shape index (κ3) is 10.6. The van der Waals surface area contributed by atoms with Crippen LogP contribution >= 0.6 is 0 Å². The number of primary sulfonamides is 1. The minimum atomic E-state index is -4.07. The van der Waals surface area contributed by atoms with Gasteiger partial charge in [0.25, 0.3) is 0 Å². The van der Waals surface area contributed by atoms with E-state index in [-0.39, 0.29) is 41.9 Å². The molecule has 0 fully saturated rings. The number of nitrogens with two attached hydrogens (primary N) is 2. The molecule has 4 N–H and O–H groups in total. The van der Waals surface area contributed by atoms with Gasteiger partial charge < -0.3 is 15.2 Å². The summed E-state index contributed by atoms with van der Waals surface area (Å²) in [6.07, 6.45) is 0.974. The van der Waals surface area contributed by atoms with Crippen molar-refractivity contribution in [3.63, 3.8) is 0 Å². The van der Waals surface area contributed by atoms with Gasteiger partial charge in [-0.05, 0) is 49.6 Å². The van der Waals surface area contributed by atoms with Crippen LogP contribution in [0.4, 0.5) is 10.1 Å². The van der Waals surface area contributed by atoms with Gasteiger partial charge in [-0.3, -0.25) is 0 Å². The first kappa shape index (κ1) is 30.9. The number of sulfonamides is 1. The summed E-state index contributed by atoms with van der Waals surface area (Å²) in [6, 6.07) is 8.97. The highest BCUT2D eigenvalue weighted by Gasteiger charge is 2.13. The number of aryl methyl sites for hydroxylation is 2. The zero-order valence-corrected chi connectivity index (χ0v) is 22.2. The van der Waals surface area contributed by atoms with Crippen LogP contribution in [0, 0.1) is 19.7 Å². The van der Waals surface area contributed by atoms with Crippen molar-refractivity contribution in [3.8, 4) is 0 Å². The van der Waals surface area contributed by atoms with E-state index in [1.807, 2.05) is 52.8 Å². The fourth-order valence-electron chi connectivity index (χ4n) is 2.85. The highest BCUT2D eigenvalue weighted by atomic mass is 32.2. The first-order valence-corrected chi connectivity index (χ1v) is 13.1. The smallest absolute Gasteiger partial charge is 0.332 e. The highest BCUT2D eigenvalue weighted by Crippen LogP contribution is 2.22. The Morgan fingerprint density at radius 2 is 1.78 bits per heavy atom. The SMILES string of the molecule is CC.CCCOCC(=O)OCC(N)=NC(Cc1cc(C)ccc1C)=Nc1ccc(S(N)(=O)=O)cc1F. The lowest BCUT2D eigenvalue weighted by Crippen LogP contribution is -2.25. The summed E-state index contributed by atoms with van der Waals surface area (Å²) in [6.45, 7) is 9.69. The lowest BCUT2D eigenvalue weighted by molar-refractivity contribution is -0.147. The van der Waals surface area contributed by atoms with E-state index in [0.717, 1.165) is 35.2 Å². The molecule has 0 aromatic heterocycles. The number of amidine groups is 2. The summed E-state index contributed by atoms with van der Waals surface area (Å²) in [4.78, 5) is 19.8. The number of benzene rings is 2. The van der Waals surface area contributed by atoms with Crippen molar-refractivity contribution in [2.45, 2.75) is 52.4 Å². The fourth-order valence-corrected chi connectivity index (χ4v) is 3.38. The number of rotatable bonds is 10. The lowest BCUT2D eigenvalue weighted by Gasteiger charge is -2.10. The molecule has 0 bridgehead atoms. The Hall–Kier alpha value is -3.15. The molecule has 0 amide bonds.